The SMILES string of the molecule is C=C(/C=C\c1oc2c(c1C)CC(B1OC(C)(C)C(C)(C)O1)C=C2)N1c2ccccc2C2CCCCC21. The second-order valence-corrected chi connectivity index (χ2v) is 12.0. The van der Waals surface area contributed by atoms with E-state index in [0.717, 1.165) is 23.6 Å². The van der Waals surface area contributed by atoms with Crippen LogP contribution in [0.25, 0.3) is 12.2 Å². The fraction of sp³-hybridized carbons (Fsp3) is 0.484. The minimum absolute atomic E-state index is 0.172. The van der Waals surface area contributed by atoms with Crippen LogP contribution in [0, 0.1) is 6.92 Å². The molecule has 188 valence electrons. The number of anilines is 1. The summed E-state index contributed by atoms with van der Waals surface area (Å²) in [5.41, 5.74) is 5.65. The van der Waals surface area contributed by atoms with Crippen molar-refractivity contribution in [3.63, 3.8) is 0 Å². The average molecular weight is 483 g/mol. The number of furan rings is 1. The molecule has 0 spiro atoms. The molecule has 3 heterocycles. The maximum Gasteiger partial charge on any atom is 0.465 e. The van der Waals surface area contributed by atoms with Gasteiger partial charge in [-0.1, -0.05) is 43.7 Å². The third kappa shape index (κ3) is 3.74. The minimum Gasteiger partial charge on any atom is -0.457 e. The van der Waals surface area contributed by atoms with Crippen LogP contribution in [0.1, 0.15) is 87.5 Å². The molecule has 0 N–H and O–H groups in total. The maximum atomic E-state index is 6.34. The van der Waals surface area contributed by atoms with Gasteiger partial charge >= 0.3 is 7.12 Å². The highest BCUT2D eigenvalue weighted by atomic mass is 16.7. The van der Waals surface area contributed by atoms with Crippen molar-refractivity contribution in [2.45, 2.75) is 95.7 Å². The zero-order valence-electron chi connectivity index (χ0n) is 22.3. The summed E-state index contributed by atoms with van der Waals surface area (Å²) in [7, 11) is -0.244. The molecule has 1 aromatic heterocycles. The lowest BCUT2D eigenvalue weighted by molar-refractivity contribution is 0.00578. The van der Waals surface area contributed by atoms with Gasteiger partial charge in [0.05, 0.1) is 11.2 Å². The standard InChI is InChI=1S/C31H38BNO3/c1-20(33-26-13-9-7-11-23(26)24-12-8-10-14-27(24)33)15-17-28-21(2)25-19-22(16-18-29(25)34-28)32-35-30(3,4)31(5,6)36-32/h7,9,11,13,15-18,22,24,27H,1,8,10,12,14,19H2,2-6H3/b17-15-. The van der Waals surface area contributed by atoms with E-state index in [-0.39, 0.29) is 24.1 Å². The summed E-state index contributed by atoms with van der Waals surface area (Å²) in [5.74, 6) is 2.65. The first-order valence-corrected chi connectivity index (χ1v) is 13.6. The normalized spacial score (nSPS) is 27.9. The Morgan fingerprint density at radius 1 is 1.08 bits per heavy atom. The van der Waals surface area contributed by atoms with Gasteiger partial charge in [0.15, 0.2) is 0 Å². The van der Waals surface area contributed by atoms with Gasteiger partial charge in [0.25, 0.3) is 0 Å². The largest absolute Gasteiger partial charge is 0.465 e. The summed E-state index contributed by atoms with van der Waals surface area (Å²) in [5, 5.41) is 0. The van der Waals surface area contributed by atoms with Gasteiger partial charge in [-0.25, -0.2) is 0 Å². The molecule has 4 aliphatic rings. The first-order chi connectivity index (χ1) is 17.2. The third-order valence-electron chi connectivity index (χ3n) is 9.29. The Morgan fingerprint density at radius 3 is 2.58 bits per heavy atom. The van der Waals surface area contributed by atoms with Crippen LogP contribution in [0.15, 0.2) is 53.1 Å². The molecule has 2 aliphatic heterocycles. The molecule has 5 heteroatoms. The Balaban J connectivity index is 1.21. The van der Waals surface area contributed by atoms with Gasteiger partial charge in [-0.15, -0.1) is 0 Å². The van der Waals surface area contributed by atoms with Crippen LogP contribution in [0.3, 0.4) is 0 Å². The number of hydrogen-bond donors (Lipinski definition) is 0. The summed E-state index contributed by atoms with van der Waals surface area (Å²) in [6.45, 7) is 15.1. The van der Waals surface area contributed by atoms with Crippen molar-refractivity contribution < 1.29 is 13.7 Å². The molecule has 4 nitrogen and oxygen atoms in total. The van der Waals surface area contributed by atoms with E-state index in [1.807, 2.05) is 0 Å². The van der Waals surface area contributed by atoms with Crippen LogP contribution in [-0.4, -0.2) is 24.4 Å². The summed E-state index contributed by atoms with van der Waals surface area (Å²) >= 11 is 0. The molecule has 1 aromatic carbocycles. The molecule has 0 bridgehead atoms. The van der Waals surface area contributed by atoms with Gasteiger partial charge in [-0.3, -0.25) is 0 Å². The molecule has 36 heavy (non-hydrogen) atoms. The van der Waals surface area contributed by atoms with Crippen LogP contribution < -0.4 is 4.90 Å². The third-order valence-corrected chi connectivity index (χ3v) is 9.29. The predicted octanol–water partition coefficient (Wildman–Crippen LogP) is 7.69. The Labute approximate surface area is 216 Å². The molecule has 1 saturated heterocycles. The molecule has 0 radical (unpaired) electrons. The molecule has 3 atom stereocenters. The number of benzene rings is 1. The van der Waals surface area contributed by atoms with Gasteiger partial charge < -0.3 is 18.6 Å². The number of fused-ring (bicyclic) bond motifs is 4. The number of rotatable bonds is 4. The molecule has 3 unspecified atom stereocenters. The van der Waals surface area contributed by atoms with Crippen LogP contribution >= 0.6 is 0 Å². The van der Waals surface area contributed by atoms with Crippen molar-refractivity contribution >= 4 is 25.0 Å². The zero-order valence-corrected chi connectivity index (χ0v) is 22.3. The lowest BCUT2D eigenvalue weighted by Crippen LogP contribution is -2.41. The van der Waals surface area contributed by atoms with Crippen LogP contribution in [0.5, 0.6) is 0 Å². The van der Waals surface area contributed by atoms with E-state index in [1.165, 1.54) is 48.1 Å². The van der Waals surface area contributed by atoms with E-state index in [9.17, 15) is 0 Å². The van der Waals surface area contributed by atoms with Crippen molar-refractivity contribution in [2.75, 3.05) is 4.90 Å². The molecule has 1 saturated carbocycles. The summed E-state index contributed by atoms with van der Waals surface area (Å²) < 4.78 is 19.0. The molecular weight excluding hydrogens is 445 g/mol. The second kappa shape index (κ2) is 8.53. The Bertz CT molecular complexity index is 1240. The van der Waals surface area contributed by atoms with Crippen molar-refractivity contribution in [3.05, 3.63) is 76.9 Å². The van der Waals surface area contributed by atoms with Crippen molar-refractivity contribution in [1.29, 1.82) is 0 Å². The Morgan fingerprint density at radius 2 is 1.81 bits per heavy atom. The van der Waals surface area contributed by atoms with E-state index < -0.39 is 0 Å². The number of para-hydroxylation sites is 1. The number of nitrogens with zero attached hydrogens (tertiary/aromatic N) is 1. The highest BCUT2D eigenvalue weighted by Crippen LogP contribution is 2.49. The van der Waals surface area contributed by atoms with Crippen molar-refractivity contribution in [2.24, 2.45) is 0 Å². The topological polar surface area (TPSA) is 34.8 Å². The molecule has 2 aliphatic carbocycles. The van der Waals surface area contributed by atoms with E-state index >= 15 is 0 Å². The second-order valence-electron chi connectivity index (χ2n) is 12.0. The van der Waals surface area contributed by atoms with Crippen LogP contribution in [-0.2, 0) is 15.7 Å². The van der Waals surface area contributed by atoms with Gasteiger partial charge in [0, 0.05) is 34.7 Å². The van der Waals surface area contributed by atoms with Crippen molar-refractivity contribution in [1.82, 2.24) is 0 Å². The smallest absolute Gasteiger partial charge is 0.457 e. The van der Waals surface area contributed by atoms with E-state index in [1.54, 1.807) is 0 Å². The first kappa shape index (κ1) is 23.9. The highest BCUT2D eigenvalue weighted by molar-refractivity contribution is 6.48. The quantitative estimate of drug-likeness (QED) is 0.330. The predicted molar refractivity (Wildman–Crippen MR) is 148 cm³/mol. The van der Waals surface area contributed by atoms with Gasteiger partial charge in [-0.2, -0.15) is 0 Å². The lowest BCUT2D eigenvalue weighted by atomic mass is 9.66. The molecule has 2 aromatic rings. The van der Waals surface area contributed by atoms with Crippen LogP contribution in [0.4, 0.5) is 5.69 Å². The first-order valence-electron chi connectivity index (χ1n) is 13.6. The fourth-order valence-electron chi connectivity index (χ4n) is 6.50. The average Bonchev–Trinajstić information content (AvgIpc) is 3.43. The lowest BCUT2D eigenvalue weighted by Gasteiger charge is -2.33. The fourth-order valence-corrected chi connectivity index (χ4v) is 6.50. The van der Waals surface area contributed by atoms with E-state index in [4.69, 9.17) is 13.7 Å². The zero-order chi connectivity index (χ0) is 25.2. The van der Waals surface area contributed by atoms with E-state index in [2.05, 4.69) is 94.7 Å². The maximum absolute atomic E-state index is 6.34. The highest BCUT2D eigenvalue weighted by Gasteiger charge is 2.53. The number of allylic oxidation sites excluding steroid dienone is 2. The van der Waals surface area contributed by atoms with Gasteiger partial charge in [0.2, 0.25) is 0 Å². The van der Waals surface area contributed by atoms with Crippen molar-refractivity contribution in [3.8, 4) is 0 Å². The summed E-state index contributed by atoms with van der Waals surface area (Å²) in [4.78, 5) is 2.47. The van der Waals surface area contributed by atoms with Gasteiger partial charge in [0.1, 0.15) is 11.5 Å². The monoisotopic (exact) mass is 483 g/mol. The summed E-state index contributed by atoms with van der Waals surface area (Å²) in [6, 6.07) is 9.40. The number of hydrogen-bond acceptors (Lipinski definition) is 4. The molecule has 2 fully saturated rings. The Hall–Kier alpha value is -2.50. The summed E-state index contributed by atoms with van der Waals surface area (Å²) in [6.07, 6.45) is 14.5. The van der Waals surface area contributed by atoms with Crippen LogP contribution in [0.2, 0.25) is 5.82 Å². The Kier molecular flexibility index (Phi) is 5.66. The van der Waals surface area contributed by atoms with E-state index in [0.29, 0.717) is 12.0 Å². The molecule has 6 rings (SSSR count). The van der Waals surface area contributed by atoms with Gasteiger partial charge in [-0.05, 0) is 89.3 Å². The molecule has 0 amide bonds. The minimum atomic E-state index is -0.322. The molecular formula is C31H38BNO3.